The molecule has 1 aliphatic rings. The van der Waals surface area contributed by atoms with E-state index in [0.717, 1.165) is 11.3 Å². The summed E-state index contributed by atoms with van der Waals surface area (Å²) in [5.74, 6) is 0. The third-order valence-electron chi connectivity index (χ3n) is 4.76. The Labute approximate surface area is 158 Å². The molecule has 0 radical (unpaired) electrons. The molecule has 0 atom stereocenters. The molecule has 0 unspecified atom stereocenters. The van der Waals surface area contributed by atoms with E-state index in [4.69, 9.17) is 5.41 Å². The summed E-state index contributed by atoms with van der Waals surface area (Å²) in [6.45, 7) is 2.14. The number of anilines is 1. The summed E-state index contributed by atoms with van der Waals surface area (Å²) in [4.78, 5) is 6.72. The molecule has 0 saturated heterocycles. The molecule has 0 amide bonds. The number of rotatable bonds is 4. The molecule has 2 aromatic rings. The van der Waals surface area contributed by atoms with E-state index in [-0.39, 0.29) is 0 Å². The first-order valence-corrected chi connectivity index (χ1v) is 9.47. The average Bonchev–Trinajstić information content (AvgIpc) is 2.69. The molecule has 26 heavy (non-hydrogen) atoms. The zero-order valence-electron chi connectivity index (χ0n) is 16.3. The highest BCUT2D eigenvalue weighted by molar-refractivity contribution is 5.81. The second-order valence-corrected chi connectivity index (χ2v) is 7.06. The third-order valence-corrected chi connectivity index (χ3v) is 4.76. The zero-order valence-corrected chi connectivity index (χ0v) is 16.3. The van der Waals surface area contributed by atoms with Crippen molar-refractivity contribution in [1.29, 1.82) is 5.41 Å². The summed E-state index contributed by atoms with van der Waals surface area (Å²) >= 11 is 0. The second-order valence-electron chi connectivity index (χ2n) is 7.06. The maximum atomic E-state index is 6.98. The highest BCUT2D eigenvalue weighted by Crippen LogP contribution is 2.20. The first-order chi connectivity index (χ1) is 12.6. The largest absolute Gasteiger partial charge is 0.378 e. The molecule has 1 aliphatic carbocycles. The maximum absolute atomic E-state index is 6.98. The predicted octanol–water partition coefficient (Wildman–Crippen LogP) is 5.50. The van der Waals surface area contributed by atoms with Crippen LogP contribution in [0.25, 0.3) is 0 Å². The maximum Gasteiger partial charge on any atom is 0.0499 e. The van der Waals surface area contributed by atoms with Crippen molar-refractivity contribution in [2.24, 2.45) is 4.99 Å². The molecule has 138 valence electrons. The van der Waals surface area contributed by atoms with Gasteiger partial charge in [-0.25, -0.2) is 0 Å². The quantitative estimate of drug-likeness (QED) is 0.728. The molecule has 0 aliphatic heterocycles. The SMILES string of the molecule is CN(C)c1ccc(C=N)cc1.Cc1ccccc1C=NC1CCCCC1. The van der Waals surface area contributed by atoms with Gasteiger partial charge in [-0.05, 0) is 48.6 Å². The van der Waals surface area contributed by atoms with Crippen LogP contribution in [0.5, 0.6) is 0 Å². The van der Waals surface area contributed by atoms with Crippen LogP contribution in [0.4, 0.5) is 5.69 Å². The van der Waals surface area contributed by atoms with Crippen LogP contribution in [0.1, 0.15) is 48.8 Å². The summed E-state index contributed by atoms with van der Waals surface area (Å²) in [5, 5.41) is 6.98. The Morgan fingerprint density at radius 1 is 0.962 bits per heavy atom. The Morgan fingerprint density at radius 2 is 1.62 bits per heavy atom. The molecular weight excluding hydrogens is 318 g/mol. The highest BCUT2D eigenvalue weighted by atomic mass is 15.1. The summed E-state index contributed by atoms with van der Waals surface area (Å²) in [5.41, 5.74) is 4.69. The van der Waals surface area contributed by atoms with Crippen molar-refractivity contribution < 1.29 is 0 Å². The molecule has 0 bridgehead atoms. The van der Waals surface area contributed by atoms with Gasteiger partial charge in [0, 0.05) is 38.3 Å². The van der Waals surface area contributed by atoms with Crippen LogP contribution in [0.3, 0.4) is 0 Å². The van der Waals surface area contributed by atoms with Crippen molar-refractivity contribution in [3.63, 3.8) is 0 Å². The molecule has 3 heteroatoms. The lowest BCUT2D eigenvalue weighted by molar-refractivity contribution is 0.444. The minimum atomic E-state index is 0.582. The van der Waals surface area contributed by atoms with Gasteiger partial charge in [0.25, 0.3) is 0 Å². The molecule has 1 fully saturated rings. The Hall–Kier alpha value is -2.42. The highest BCUT2D eigenvalue weighted by Gasteiger charge is 2.10. The van der Waals surface area contributed by atoms with Gasteiger partial charge in [0.1, 0.15) is 0 Å². The number of nitrogens with one attached hydrogen (secondary N) is 1. The van der Waals surface area contributed by atoms with Crippen molar-refractivity contribution in [3.8, 4) is 0 Å². The summed E-state index contributed by atoms with van der Waals surface area (Å²) in [6, 6.07) is 16.9. The van der Waals surface area contributed by atoms with Gasteiger partial charge in [0.15, 0.2) is 0 Å². The van der Waals surface area contributed by atoms with E-state index in [1.165, 1.54) is 49.4 Å². The number of hydrogen-bond donors (Lipinski definition) is 1. The molecule has 3 nitrogen and oxygen atoms in total. The Bertz CT molecular complexity index is 696. The van der Waals surface area contributed by atoms with Crippen molar-refractivity contribution in [2.45, 2.75) is 45.1 Å². The average molecular weight is 350 g/mol. The van der Waals surface area contributed by atoms with E-state index in [1.54, 1.807) is 0 Å². The monoisotopic (exact) mass is 349 g/mol. The predicted molar refractivity (Wildman–Crippen MR) is 114 cm³/mol. The fraction of sp³-hybridized carbons (Fsp3) is 0.391. The number of aryl methyl sites for hydroxylation is 1. The smallest absolute Gasteiger partial charge is 0.0499 e. The molecule has 1 saturated carbocycles. The van der Waals surface area contributed by atoms with Gasteiger partial charge in [0.2, 0.25) is 0 Å². The van der Waals surface area contributed by atoms with Gasteiger partial charge in [-0.15, -0.1) is 0 Å². The van der Waals surface area contributed by atoms with Gasteiger partial charge < -0.3 is 10.3 Å². The first-order valence-electron chi connectivity index (χ1n) is 9.47. The lowest BCUT2D eigenvalue weighted by Gasteiger charge is -2.17. The van der Waals surface area contributed by atoms with Crippen LogP contribution in [-0.2, 0) is 0 Å². The van der Waals surface area contributed by atoms with Crippen LogP contribution >= 0.6 is 0 Å². The van der Waals surface area contributed by atoms with Gasteiger partial charge in [0.05, 0.1) is 0 Å². The van der Waals surface area contributed by atoms with Gasteiger partial charge >= 0.3 is 0 Å². The fourth-order valence-corrected chi connectivity index (χ4v) is 3.02. The number of nitrogens with zero attached hydrogens (tertiary/aromatic N) is 2. The molecule has 0 heterocycles. The normalized spacial score (nSPS) is 14.6. The van der Waals surface area contributed by atoms with Crippen molar-refractivity contribution in [1.82, 2.24) is 0 Å². The Balaban J connectivity index is 0.000000197. The Kier molecular flexibility index (Phi) is 8.07. The zero-order chi connectivity index (χ0) is 18.8. The minimum absolute atomic E-state index is 0.582. The van der Waals surface area contributed by atoms with E-state index in [9.17, 15) is 0 Å². The van der Waals surface area contributed by atoms with Crippen molar-refractivity contribution in [2.75, 3.05) is 19.0 Å². The lowest BCUT2D eigenvalue weighted by atomic mass is 9.96. The molecule has 2 aromatic carbocycles. The number of aliphatic imine (C=N–C) groups is 1. The van der Waals surface area contributed by atoms with Crippen molar-refractivity contribution in [3.05, 3.63) is 65.2 Å². The van der Waals surface area contributed by atoms with Gasteiger partial charge in [-0.3, -0.25) is 4.99 Å². The number of benzene rings is 2. The van der Waals surface area contributed by atoms with E-state index >= 15 is 0 Å². The third kappa shape index (κ3) is 6.47. The van der Waals surface area contributed by atoms with Gasteiger partial charge in [-0.1, -0.05) is 55.7 Å². The van der Waals surface area contributed by atoms with Crippen LogP contribution < -0.4 is 4.90 Å². The first kappa shape index (κ1) is 19.9. The molecule has 0 spiro atoms. The van der Waals surface area contributed by atoms with E-state index in [0.29, 0.717) is 6.04 Å². The lowest BCUT2D eigenvalue weighted by Crippen LogP contribution is -2.09. The number of hydrogen-bond acceptors (Lipinski definition) is 3. The van der Waals surface area contributed by atoms with Gasteiger partial charge in [-0.2, -0.15) is 0 Å². The second kappa shape index (κ2) is 10.5. The molecule has 1 N–H and O–H groups in total. The standard InChI is InChI=1S/C14H19N.C9H12N2/c1-12-7-5-6-8-13(12)11-15-14-9-3-2-4-10-14;1-11(2)9-5-3-8(7-10)4-6-9/h5-8,11,14H,2-4,9-10H2,1H3;3-7,10H,1-2H3. The molecule has 3 rings (SSSR count). The van der Waals surface area contributed by atoms with E-state index < -0.39 is 0 Å². The Morgan fingerprint density at radius 3 is 2.19 bits per heavy atom. The van der Waals surface area contributed by atoms with Crippen LogP contribution in [-0.4, -0.2) is 32.6 Å². The molecular formula is C23H31N3. The topological polar surface area (TPSA) is 39.5 Å². The van der Waals surface area contributed by atoms with Crippen LogP contribution in [0, 0.1) is 12.3 Å². The summed E-state index contributed by atoms with van der Waals surface area (Å²) in [6.07, 6.45) is 10.1. The fourth-order valence-electron chi connectivity index (χ4n) is 3.02. The summed E-state index contributed by atoms with van der Waals surface area (Å²) in [7, 11) is 4.00. The van der Waals surface area contributed by atoms with Crippen LogP contribution in [0.2, 0.25) is 0 Å². The van der Waals surface area contributed by atoms with E-state index in [2.05, 4.69) is 42.4 Å². The van der Waals surface area contributed by atoms with Crippen LogP contribution in [0.15, 0.2) is 53.5 Å². The molecule has 0 aromatic heterocycles. The van der Waals surface area contributed by atoms with Crippen molar-refractivity contribution >= 4 is 18.1 Å². The minimum Gasteiger partial charge on any atom is -0.378 e. The van der Waals surface area contributed by atoms with E-state index in [1.807, 2.05) is 43.3 Å². The summed E-state index contributed by atoms with van der Waals surface area (Å²) < 4.78 is 0.